The van der Waals surface area contributed by atoms with Gasteiger partial charge in [0.15, 0.2) is 5.13 Å². The molecule has 1 aliphatic heterocycles. The lowest BCUT2D eigenvalue weighted by Crippen LogP contribution is -2.42. The average Bonchev–Trinajstić information content (AvgIpc) is 3.13. The Morgan fingerprint density at radius 2 is 1.83 bits per heavy atom. The minimum Gasteiger partial charge on any atom is -0.333 e. The third-order valence-corrected chi connectivity index (χ3v) is 6.35. The predicted octanol–water partition coefficient (Wildman–Crippen LogP) is 5.06. The molecule has 0 saturated carbocycles. The van der Waals surface area contributed by atoms with E-state index in [1.165, 1.54) is 11.3 Å². The van der Waals surface area contributed by atoms with Crippen LogP contribution in [0.1, 0.15) is 37.7 Å². The van der Waals surface area contributed by atoms with E-state index in [1.807, 2.05) is 55.5 Å². The van der Waals surface area contributed by atoms with Gasteiger partial charge in [0, 0.05) is 13.0 Å². The number of hydrogen-bond acceptors (Lipinski definition) is 4. The van der Waals surface area contributed by atoms with Crippen LogP contribution in [0.4, 0.5) is 10.8 Å². The molecular formula is C23H25N3O2S. The zero-order chi connectivity index (χ0) is 20.2. The van der Waals surface area contributed by atoms with Crippen LogP contribution in [0.3, 0.4) is 0 Å². The Balaban J connectivity index is 1.69. The smallest absolute Gasteiger partial charge is 0.252 e. The molecule has 2 heterocycles. The van der Waals surface area contributed by atoms with Crippen molar-refractivity contribution < 1.29 is 9.59 Å². The van der Waals surface area contributed by atoms with Crippen molar-refractivity contribution in [3.8, 4) is 0 Å². The topological polar surface area (TPSA) is 53.5 Å². The SMILES string of the molecule is Cc1ccccc1N(C(=O)CN1CCCCCCC1=O)c1nc2ccccc2s1. The Labute approximate surface area is 175 Å². The van der Waals surface area contributed by atoms with Crippen LogP contribution in [0.25, 0.3) is 10.2 Å². The van der Waals surface area contributed by atoms with E-state index < -0.39 is 0 Å². The fourth-order valence-corrected chi connectivity index (χ4v) is 4.73. The maximum atomic E-state index is 13.5. The highest BCUT2D eigenvalue weighted by Crippen LogP contribution is 2.35. The van der Waals surface area contributed by atoms with Gasteiger partial charge in [-0.25, -0.2) is 4.98 Å². The molecule has 1 aromatic heterocycles. The number of aromatic nitrogens is 1. The standard InChI is InChI=1S/C23H25N3O2S/c1-17-10-5-7-12-19(17)26(23-24-18-11-6-8-13-20(18)29-23)22(28)16-25-15-9-3-2-4-14-21(25)27/h5-8,10-13H,2-4,9,14-16H2,1H3. The van der Waals surface area contributed by atoms with Gasteiger partial charge < -0.3 is 4.90 Å². The predicted molar refractivity (Wildman–Crippen MR) is 118 cm³/mol. The molecule has 0 unspecified atom stereocenters. The summed E-state index contributed by atoms with van der Waals surface area (Å²) in [6, 6.07) is 15.7. The Kier molecular flexibility index (Phi) is 5.90. The molecule has 2 amide bonds. The van der Waals surface area contributed by atoms with Crippen LogP contribution in [0.5, 0.6) is 0 Å². The quantitative estimate of drug-likeness (QED) is 0.607. The molecule has 0 spiro atoms. The average molecular weight is 408 g/mol. The summed E-state index contributed by atoms with van der Waals surface area (Å²) >= 11 is 1.50. The summed E-state index contributed by atoms with van der Waals surface area (Å²) in [6.07, 6.45) is 4.58. The number of amides is 2. The maximum absolute atomic E-state index is 13.5. The van der Waals surface area contributed by atoms with E-state index in [2.05, 4.69) is 0 Å². The fourth-order valence-electron chi connectivity index (χ4n) is 3.73. The molecule has 0 atom stereocenters. The normalized spacial score (nSPS) is 15.2. The third kappa shape index (κ3) is 4.32. The Morgan fingerprint density at radius 1 is 1.07 bits per heavy atom. The zero-order valence-corrected chi connectivity index (χ0v) is 17.5. The minimum absolute atomic E-state index is 0.0760. The van der Waals surface area contributed by atoms with Crippen molar-refractivity contribution in [1.29, 1.82) is 0 Å². The third-order valence-electron chi connectivity index (χ3n) is 5.33. The van der Waals surface area contributed by atoms with Crippen LogP contribution in [0.15, 0.2) is 48.5 Å². The molecule has 3 aromatic rings. The summed E-state index contributed by atoms with van der Waals surface area (Å²) in [7, 11) is 0. The van der Waals surface area contributed by atoms with Gasteiger partial charge in [-0.1, -0.05) is 54.5 Å². The molecule has 0 aliphatic carbocycles. The van der Waals surface area contributed by atoms with Gasteiger partial charge in [0.05, 0.1) is 15.9 Å². The highest BCUT2D eigenvalue weighted by atomic mass is 32.1. The van der Waals surface area contributed by atoms with Gasteiger partial charge >= 0.3 is 0 Å². The molecule has 1 fully saturated rings. The summed E-state index contributed by atoms with van der Waals surface area (Å²) in [5, 5.41) is 0.644. The number of carbonyl (C=O) groups excluding carboxylic acids is 2. The molecule has 0 radical (unpaired) electrons. The first-order valence-corrected chi connectivity index (χ1v) is 11.0. The van der Waals surface area contributed by atoms with Crippen molar-refractivity contribution in [3.63, 3.8) is 0 Å². The lowest BCUT2D eigenvalue weighted by Gasteiger charge is -2.28. The number of likely N-dealkylation sites (tertiary alicyclic amines) is 1. The van der Waals surface area contributed by atoms with E-state index in [0.29, 0.717) is 18.1 Å². The van der Waals surface area contributed by atoms with E-state index >= 15 is 0 Å². The number of rotatable bonds is 4. The summed E-state index contributed by atoms with van der Waals surface area (Å²) < 4.78 is 1.04. The molecule has 0 N–H and O–H groups in total. The highest BCUT2D eigenvalue weighted by Gasteiger charge is 2.27. The van der Waals surface area contributed by atoms with E-state index in [9.17, 15) is 9.59 Å². The number of benzene rings is 2. The van der Waals surface area contributed by atoms with Crippen LogP contribution in [0, 0.1) is 6.92 Å². The van der Waals surface area contributed by atoms with Crippen LogP contribution < -0.4 is 4.90 Å². The van der Waals surface area contributed by atoms with Gasteiger partial charge in [-0.05, 0) is 43.5 Å². The molecule has 29 heavy (non-hydrogen) atoms. The molecule has 2 aromatic carbocycles. The van der Waals surface area contributed by atoms with E-state index in [-0.39, 0.29) is 18.4 Å². The fraction of sp³-hybridized carbons (Fsp3) is 0.348. The number of anilines is 2. The minimum atomic E-state index is -0.118. The number of thiazole rings is 1. The molecular weight excluding hydrogens is 382 g/mol. The molecule has 0 bridgehead atoms. The van der Waals surface area contributed by atoms with Gasteiger partial charge in [0.2, 0.25) is 5.91 Å². The molecule has 150 valence electrons. The second-order valence-corrected chi connectivity index (χ2v) is 8.47. The van der Waals surface area contributed by atoms with Crippen molar-refractivity contribution in [1.82, 2.24) is 9.88 Å². The summed E-state index contributed by atoms with van der Waals surface area (Å²) in [6.45, 7) is 2.72. The molecule has 6 heteroatoms. The summed E-state index contributed by atoms with van der Waals surface area (Å²) in [5.74, 6) is -0.0423. The summed E-state index contributed by atoms with van der Waals surface area (Å²) in [4.78, 5) is 34.2. The van der Waals surface area contributed by atoms with Crippen molar-refractivity contribution in [3.05, 3.63) is 54.1 Å². The molecule has 1 aliphatic rings. The Hall–Kier alpha value is -2.73. The number of aryl methyl sites for hydroxylation is 1. The van der Waals surface area contributed by atoms with Crippen molar-refractivity contribution in [2.75, 3.05) is 18.0 Å². The molecule has 1 saturated heterocycles. The number of carbonyl (C=O) groups is 2. The Morgan fingerprint density at radius 3 is 2.66 bits per heavy atom. The van der Waals surface area contributed by atoms with Gasteiger partial charge in [-0.2, -0.15) is 0 Å². The maximum Gasteiger partial charge on any atom is 0.252 e. The van der Waals surface area contributed by atoms with Crippen LogP contribution in [0.2, 0.25) is 0 Å². The largest absolute Gasteiger partial charge is 0.333 e. The van der Waals surface area contributed by atoms with Gasteiger partial charge in [0.25, 0.3) is 5.91 Å². The second kappa shape index (κ2) is 8.74. The molecule has 4 rings (SSSR count). The lowest BCUT2D eigenvalue weighted by molar-refractivity contribution is -0.135. The van der Waals surface area contributed by atoms with E-state index in [0.717, 1.165) is 47.2 Å². The molecule has 5 nitrogen and oxygen atoms in total. The lowest BCUT2D eigenvalue weighted by atomic mass is 10.1. The number of para-hydroxylation sites is 2. The highest BCUT2D eigenvalue weighted by molar-refractivity contribution is 7.22. The number of hydrogen-bond donors (Lipinski definition) is 0. The van der Waals surface area contributed by atoms with Crippen LogP contribution >= 0.6 is 11.3 Å². The van der Waals surface area contributed by atoms with Crippen molar-refractivity contribution in [2.24, 2.45) is 0 Å². The first-order valence-electron chi connectivity index (χ1n) is 10.2. The number of nitrogens with zero attached hydrogens (tertiary/aromatic N) is 3. The second-order valence-electron chi connectivity index (χ2n) is 7.46. The van der Waals surface area contributed by atoms with Gasteiger partial charge in [-0.3, -0.25) is 14.5 Å². The first-order chi connectivity index (χ1) is 14.1. The van der Waals surface area contributed by atoms with Gasteiger partial charge in [-0.15, -0.1) is 0 Å². The van der Waals surface area contributed by atoms with Gasteiger partial charge in [0.1, 0.15) is 6.54 Å². The van der Waals surface area contributed by atoms with Crippen LogP contribution in [-0.2, 0) is 9.59 Å². The van der Waals surface area contributed by atoms with Crippen molar-refractivity contribution >= 4 is 44.2 Å². The summed E-state index contributed by atoms with van der Waals surface area (Å²) in [5.41, 5.74) is 2.69. The zero-order valence-electron chi connectivity index (χ0n) is 16.6. The van der Waals surface area contributed by atoms with Crippen molar-refractivity contribution in [2.45, 2.75) is 39.0 Å². The Bertz CT molecular complexity index is 997. The van der Waals surface area contributed by atoms with E-state index in [1.54, 1.807) is 9.80 Å². The van der Waals surface area contributed by atoms with Crippen LogP contribution in [-0.4, -0.2) is 34.8 Å². The first kappa shape index (κ1) is 19.6. The van der Waals surface area contributed by atoms with E-state index in [4.69, 9.17) is 4.98 Å². The number of fused-ring (bicyclic) bond motifs is 1. The monoisotopic (exact) mass is 407 g/mol.